The molecule has 0 saturated heterocycles. The van der Waals surface area contributed by atoms with Crippen molar-refractivity contribution in [2.45, 2.75) is 33.3 Å². The van der Waals surface area contributed by atoms with Crippen LogP contribution in [0.15, 0.2) is 18.2 Å². The molecule has 0 N–H and O–H groups in total. The van der Waals surface area contributed by atoms with Gasteiger partial charge in [-0.3, -0.25) is 0 Å². The minimum Gasteiger partial charge on any atom is -0.376 e. The Bertz CT molecular complexity index is 156. The Kier molecular flexibility index (Phi) is 4.91. The molecule has 0 amide bonds. The molecule has 0 aliphatic carbocycles. The molecule has 0 aromatic carbocycles. The molecule has 1 unspecified atom stereocenters. The summed E-state index contributed by atoms with van der Waals surface area (Å²) in [6, 6.07) is 0. The third-order valence-corrected chi connectivity index (χ3v) is 1.95. The number of allylic oxidation sites excluding steroid dienone is 1. The van der Waals surface area contributed by atoms with Crippen molar-refractivity contribution in [1.29, 1.82) is 0 Å². The van der Waals surface area contributed by atoms with Gasteiger partial charge in [-0.25, -0.2) is 0 Å². The molecule has 0 aliphatic rings. The van der Waals surface area contributed by atoms with Crippen molar-refractivity contribution >= 4 is 0 Å². The first-order valence-corrected chi connectivity index (χ1v) is 4.34. The summed E-state index contributed by atoms with van der Waals surface area (Å²) in [7, 11) is 1.68. The predicted molar refractivity (Wildman–Crippen MR) is 52.9 cm³/mol. The van der Waals surface area contributed by atoms with E-state index in [9.17, 15) is 0 Å². The Morgan fingerprint density at radius 1 is 1.50 bits per heavy atom. The van der Waals surface area contributed by atoms with Crippen molar-refractivity contribution in [1.82, 2.24) is 0 Å². The zero-order chi connectivity index (χ0) is 9.61. The molecule has 0 fully saturated rings. The monoisotopic (exact) mass is 167 g/mol. The highest BCUT2D eigenvalue weighted by Crippen LogP contribution is 2.25. The van der Waals surface area contributed by atoms with Crippen LogP contribution in [0.4, 0.5) is 0 Å². The standard InChI is InChI=1S/C11H19O/c1-6-8-9-11(3,4)10(7-2)12-5/h2,7-10H,6H2,1,3-5H3/b7-2?,9-8-. The first-order chi connectivity index (χ1) is 5.58. The summed E-state index contributed by atoms with van der Waals surface area (Å²) in [6.07, 6.45) is 6.91. The second-order valence-corrected chi connectivity index (χ2v) is 3.48. The van der Waals surface area contributed by atoms with Crippen molar-refractivity contribution in [2.75, 3.05) is 7.11 Å². The molecule has 0 bridgehead atoms. The van der Waals surface area contributed by atoms with Gasteiger partial charge in [0.15, 0.2) is 0 Å². The zero-order valence-corrected chi connectivity index (χ0v) is 8.50. The largest absolute Gasteiger partial charge is 0.376 e. The molecule has 0 heterocycles. The van der Waals surface area contributed by atoms with E-state index in [0.717, 1.165) is 6.42 Å². The van der Waals surface area contributed by atoms with Crippen LogP contribution < -0.4 is 0 Å². The van der Waals surface area contributed by atoms with Crippen LogP contribution in [-0.2, 0) is 4.74 Å². The molecule has 0 spiro atoms. The van der Waals surface area contributed by atoms with E-state index < -0.39 is 0 Å². The van der Waals surface area contributed by atoms with Crippen LogP contribution in [0.5, 0.6) is 0 Å². The third kappa shape index (κ3) is 3.22. The van der Waals surface area contributed by atoms with Crippen molar-refractivity contribution in [3.8, 4) is 0 Å². The summed E-state index contributed by atoms with van der Waals surface area (Å²) >= 11 is 0. The van der Waals surface area contributed by atoms with Crippen LogP contribution in [0.3, 0.4) is 0 Å². The Labute approximate surface area is 76.1 Å². The Balaban J connectivity index is 4.34. The van der Waals surface area contributed by atoms with Crippen molar-refractivity contribution in [3.05, 3.63) is 24.8 Å². The smallest absolute Gasteiger partial charge is 0.0840 e. The summed E-state index contributed by atoms with van der Waals surface area (Å²) < 4.78 is 5.23. The lowest BCUT2D eigenvalue weighted by Crippen LogP contribution is -2.27. The molecule has 69 valence electrons. The first-order valence-electron chi connectivity index (χ1n) is 4.34. The Hall–Kier alpha value is -0.560. The molecule has 1 heteroatoms. The predicted octanol–water partition coefficient (Wildman–Crippen LogP) is 2.98. The van der Waals surface area contributed by atoms with Gasteiger partial charge in [-0.1, -0.05) is 45.6 Å². The molecule has 0 aliphatic heterocycles. The Morgan fingerprint density at radius 2 is 2.08 bits per heavy atom. The molecular weight excluding hydrogens is 148 g/mol. The summed E-state index contributed by atoms with van der Waals surface area (Å²) in [5.74, 6) is 0. The summed E-state index contributed by atoms with van der Waals surface area (Å²) in [5, 5.41) is 0. The van der Waals surface area contributed by atoms with Gasteiger partial charge in [0.05, 0.1) is 6.10 Å². The number of hydrogen-bond donors (Lipinski definition) is 0. The van der Waals surface area contributed by atoms with E-state index in [1.54, 1.807) is 13.2 Å². The minimum atomic E-state index is -0.0144. The van der Waals surface area contributed by atoms with Gasteiger partial charge in [0.1, 0.15) is 0 Å². The fraction of sp³-hybridized carbons (Fsp3) is 0.636. The van der Waals surface area contributed by atoms with Gasteiger partial charge in [0, 0.05) is 12.5 Å². The fourth-order valence-electron chi connectivity index (χ4n) is 1.15. The Morgan fingerprint density at radius 3 is 2.42 bits per heavy atom. The van der Waals surface area contributed by atoms with Gasteiger partial charge in [-0.05, 0) is 6.42 Å². The van der Waals surface area contributed by atoms with E-state index in [-0.39, 0.29) is 11.5 Å². The SMILES string of the molecule is [CH]=CC(OC)C(C)(C)/C=C\CC. The van der Waals surface area contributed by atoms with Crippen LogP contribution in [0.2, 0.25) is 0 Å². The van der Waals surface area contributed by atoms with Crippen molar-refractivity contribution in [3.63, 3.8) is 0 Å². The quantitative estimate of drug-likeness (QED) is 0.572. The average Bonchev–Trinajstić information content (AvgIpc) is 2.03. The van der Waals surface area contributed by atoms with Gasteiger partial charge < -0.3 is 4.74 Å². The van der Waals surface area contributed by atoms with Gasteiger partial charge in [0.25, 0.3) is 0 Å². The van der Waals surface area contributed by atoms with Crippen LogP contribution in [0, 0.1) is 12.0 Å². The van der Waals surface area contributed by atoms with E-state index >= 15 is 0 Å². The molecular formula is C11H19O. The average molecular weight is 167 g/mol. The zero-order valence-electron chi connectivity index (χ0n) is 8.50. The van der Waals surface area contributed by atoms with Crippen molar-refractivity contribution in [2.24, 2.45) is 5.41 Å². The maximum absolute atomic E-state index is 5.46. The molecule has 0 saturated carbocycles. The topological polar surface area (TPSA) is 9.23 Å². The highest BCUT2D eigenvalue weighted by Gasteiger charge is 2.23. The van der Waals surface area contributed by atoms with E-state index in [4.69, 9.17) is 11.3 Å². The molecule has 1 nitrogen and oxygen atoms in total. The van der Waals surface area contributed by atoms with Gasteiger partial charge in [-0.2, -0.15) is 0 Å². The second-order valence-electron chi connectivity index (χ2n) is 3.48. The number of hydrogen-bond acceptors (Lipinski definition) is 1. The maximum atomic E-state index is 5.46. The lowest BCUT2D eigenvalue weighted by Gasteiger charge is -2.27. The van der Waals surface area contributed by atoms with Crippen LogP contribution in [-0.4, -0.2) is 13.2 Å². The number of ether oxygens (including phenoxy) is 1. The van der Waals surface area contributed by atoms with Gasteiger partial charge in [-0.15, -0.1) is 0 Å². The van der Waals surface area contributed by atoms with Crippen LogP contribution >= 0.6 is 0 Å². The van der Waals surface area contributed by atoms with Crippen molar-refractivity contribution < 1.29 is 4.74 Å². The van der Waals surface area contributed by atoms with Gasteiger partial charge >= 0.3 is 0 Å². The molecule has 0 aromatic rings. The minimum absolute atomic E-state index is 0.0136. The highest BCUT2D eigenvalue weighted by molar-refractivity contribution is 5.03. The van der Waals surface area contributed by atoms with E-state index in [1.165, 1.54) is 0 Å². The van der Waals surface area contributed by atoms with Gasteiger partial charge in [0.2, 0.25) is 0 Å². The summed E-state index contributed by atoms with van der Waals surface area (Å²) in [5.41, 5.74) is -0.0144. The fourth-order valence-corrected chi connectivity index (χ4v) is 1.15. The lowest BCUT2D eigenvalue weighted by molar-refractivity contribution is 0.0688. The summed E-state index contributed by atoms with van der Waals surface area (Å²) in [6.45, 7) is 11.8. The molecule has 0 rings (SSSR count). The highest BCUT2D eigenvalue weighted by atomic mass is 16.5. The lowest BCUT2D eigenvalue weighted by atomic mass is 9.86. The normalized spacial score (nSPS) is 15.0. The molecule has 12 heavy (non-hydrogen) atoms. The number of rotatable bonds is 5. The molecule has 1 radical (unpaired) electrons. The van der Waals surface area contributed by atoms with E-state index in [0.29, 0.717) is 0 Å². The van der Waals surface area contributed by atoms with E-state index in [2.05, 4.69) is 32.9 Å². The maximum Gasteiger partial charge on any atom is 0.0840 e. The molecule has 0 aromatic heterocycles. The molecule has 1 atom stereocenters. The van der Waals surface area contributed by atoms with Crippen LogP contribution in [0.1, 0.15) is 27.2 Å². The van der Waals surface area contributed by atoms with E-state index in [1.807, 2.05) is 0 Å². The third-order valence-electron chi connectivity index (χ3n) is 1.95. The summed E-state index contributed by atoms with van der Waals surface area (Å²) in [4.78, 5) is 0. The first kappa shape index (κ1) is 11.4. The second kappa shape index (κ2) is 5.15. The van der Waals surface area contributed by atoms with Crippen LogP contribution in [0.25, 0.3) is 0 Å². The number of methoxy groups -OCH3 is 1.